The first-order valence-electron chi connectivity index (χ1n) is 7.03. The van der Waals surface area contributed by atoms with E-state index in [1.54, 1.807) is 0 Å². The predicted octanol–water partition coefficient (Wildman–Crippen LogP) is 4.24. The van der Waals surface area contributed by atoms with Crippen LogP contribution >= 0.6 is 15.9 Å². The van der Waals surface area contributed by atoms with Gasteiger partial charge in [0.1, 0.15) is 0 Å². The quantitative estimate of drug-likeness (QED) is 0.892. The van der Waals surface area contributed by atoms with Crippen LogP contribution in [0.15, 0.2) is 46.9 Å². The maximum Gasteiger partial charge on any atom is 0.0555 e. The third-order valence-corrected chi connectivity index (χ3v) is 4.52. The van der Waals surface area contributed by atoms with Gasteiger partial charge in [0.05, 0.1) is 5.69 Å². The molecule has 1 atom stereocenters. The third-order valence-electron chi connectivity index (χ3n) is 3.88. The van der Waals surface area contributed by atoms with Crippen molar-refractivity contribution in [1.29, 1.82) is 0 Å². The van der Waals surface area contributed by atoms with Gasteiger partial charge in [-0.1, -0.05) is 31.2 Å². The van der Waals surface area contributed by atoms with E-state index in [1.165, 1.54) is 16.9 Å². The number of benzene rings is 2. The van der Waals surface area contributed by atoms with Gasteiger partial charge in [-0.3, -0.25) is 0 Å². The highest BCUT2D eigenvalue weighted by Crippen LogP contribution is 2.38. The molecular formula is C17H19BrN2. The summed E-state index contributed by atoms with van der Waals surface area (Å²) in [5, 5.41) is 0. The molecule has 1 aliphatic heterocycles. The number of para-hydroxylation sites is 1. The topological polar surface area (TPSA) is 29.3 Å². The van der Waals surface area contributed by atoms with Crippen molar-refractivity contribution in [2.45, 2.75) is 19.9 Å². The van der Waals surface area contributed by atoms with Crippen LogP contribution in [0.4, 0.5) is 11.4 Å². The lowest BCUT2D eigenvalue weighted by molar-refractivity contribution is 0.562. The van der Waals surface area contributed by atoms with E-state index in [1.807, 2.05) is 0 Å². The molecule has 0 spiro atoms. The number of nitrogens with zero attached hydrogens (tertiary/aromatic N) is 1. The molecule has 1 unspecified atom stereocenters. The highest BCUT2D eigenvalue weighted by molar-refractivity contribution is 9.10. The molecule has 0 aromatic heterocycles. The second-order valence-corrected chi connectivity index (χ2v) is 6.39. The maximum absolute atomic E-state index is 5.71. The van der Waals surface area contributed by atoms with Gasteiger partial charge in [0.2, 0.25) is 0 Å². The standard InChI is InChI=1S/C17H19BrN2/c1-12-8-14-4-2-3-5-16(14)20(11-12)17-7-6-13(10-19)9-15(17)18/h2-7,9,12H,8,10-11,19H2,1H3. The van der Waals surface area contributed by atoms with Crippen LogP contribution in [-0.4, -0.2) is 6.54 Å². The van der Waals surface area contributed by atoms with Crippen molar-refractivity contribution in [3.05, 3.63) is 58.1 Å². The van der Waals surface area contributed by atoms with Gasteiger partial charge in [0.15, 0.2) is 0 Å². The fraction of sp³-hybridized carbons (Fsp3) is 0.294. The Morgan fingerprint density at radius 2 is 2.00 bits per heavy atom. The Kier molecular flexibility index (Phi) is 3.81. The SMILES string of the molecule is CC1Cc2ccccc2N(c2ccc(CN)cc2Br)C1. The van der Waals surface area contributed by atoms with Crippen LogP contribution in [0.1, 0.15) is 18.1 Å². The van der Waals surface area contributed by atoms with E-state index in [4.69, 9.17) is 5.73 Å². The molecule has 2 N–H and O–H groups in total. The zero-order chi connectivity index (χ0) is 14.1. The van der Waals surface area contributed by atoms with Gasteiger partial charge in [0.25, 0.3) is 0 Å². The Bertz CT molecular complexity index is 624. The van der Waals surface area contributed by atoms with E-state index in [2.05, 4.69) is 70.2 Å². The smallest absolute Gasteiger partial charge is 0.0555 e. The Hall–Kier alpha value is -1.32. The number of rotatable bonds is 2. The summed E-state index contributed by atoms with van der Waals surface area (Å²) in [7, 11) is 0. The molecule has 0 bridgehead atoms. The minimum Gasteiger partial charge on any atom is -0.340 e. The third kappa shape index (κ3) is 2.48. The van der Waals surface area contributed by atoms with Crippen molar-refractivity contribution >= 4 is 27.3 Å². The second kappa shape index (κ2) is 5.58. The van der Waals surface area contributed by atoms with Crippen molar-refractivity contribution in [3.8, 4) is 0 Å². The molecule has 2 nitrogen and oxygen atoms in total. The lowest BCUT2D eigenvalue weighted by Gasteiger charge is -2.35. The number of anilines is 2. The summed E-state index contributed by atoms with van der Waals surface area (Å²) in [6.07, 6.45) is 1.16. The van der Waals surface area contributed by atoms with E-state index in [9.17, 15) is 0 Å². The highest BCUT2D eigenvalue weighted by atomic mass is 79.9. The molecule has 0 amide bonds. The Balaban J connectivity index is 2.06. The average molecular weight is 331 g/mol. The minimum atomic E-state index is 0.575. The molecule has 0 saturated heterocycles. The zero-order valence-electron chi connectivity index (χ0n) is 11.6. The minimum absolute atomic E-state index is 0.575. The molecule has 1 heterocycles. The van der Waals surface area contributed by atoms with Crippen molar-refractivity contribution in [2.24, 2.45) is 11.7 Å². The first-order valence-corrected chi connectivity index (χ1v) is 7.82. The summed E-state index contributed by atoms with van der Waals surface area (Å²) >= 11 is 3.70. The Labute approximate surface area is 128 Å². The molecule has 1 aliphatic rings. The lowest BCUT2D eigenvalue weighted by Crippen LogP contribution is -2.30. The number of hydrogen-bond donors (Lipinski definition) is 1. The van der Waals surface area contributed by atoms with Crippen LogP contribution in [0, 0.1) is 5.92 Å². The van der Waals surface area contributed by atoms with E-state index in [0.29, 0.717) is 12.5 Å². The van der Waals surface area contributed by atoms with Crippen molar-refractivity contribution in [2.75, 3.05) is 11.4 Å². The summed E-state index contributed by atoms with van der Waals surface area (Å²) in [6, 6.07) is 15.1. The predicted molar refractivity (Wildman–Crippen MR) is 88.3 cm³/mol. The fourth-order valence-electron chi connectivity index (χ4n) is 2.92. The number of nitrogens with two attached hydrogens (primary N) is 1. The normalized spacial score (nSPS) is 17.9. The van der Waals surface area contributed by atoms with E-state index >= 15 is 0 Å². The summed E-state index contributed by atoms with van der Waals surface area (Å²) in [5.74, 6) is 0.658. The van der Waals surface area contributed by atoms with Crippen molar-refractivity contribution < 1.29 is 0 Å². The van der Waals surface area contributed by atoms with Gasteiger partial charge in [-0.2, -0.15) is 0 Å². The average Bonchev–Trinajstić information content (AvgIpc) is 2.46. The number of fused-ring (bicyclic) bond motifs is 1. The molecule has 2 aromatic carbocycles. The second-order valence-electron chi connectivity index (χ2n) is 5.54. The monoisotopic (exact) mass is 330 g/mol. The summed E-state index contributed by atoms with van der Waals surface area (Å²) in [5.41, 5.74) is 10.8. The van der Waals surface area contributed by atoms with Crippen LogP contribution in [0.2, 0.25) is 0 Å². The fourth-order valence-corrected chi connectivity index (χ4v) is 3.56. The molecule has 0 radical (unpaired) electrons. The van der Waals surface area contributed by atoms with Crippen LogP contribution < -0.4 is 10.6 Å². The zero-order valence-corrected chi connectivity index (χ0v) is 13.2. The molecule has 104 valence electrons. The largest absolute Gasteiger partial charge is 0.340 e. The first-order chi connectivity index (χ1) is 9.69. The lowest BCUT2D eigenvalue weighted by atomic mass is 9.93. The van der Waals surface area contributed by atoms with Crippen LogP contribution in [0.5, 0.6) is 0 Å². The van der Waals surface area contributed by atoms with Gasteiger partial charge in [-0.05, 0) is 57.6 Å². The molecule has 0 saturated carbocycles. The first kappa shape index (κ1) is 13.7. The summed E-state index contributed by atoms with van der Waals surface area (Å²) in [4.78, 5) is 2.41. The molecular weight excluding hydrogens is 312 g/mol. The van der Waals surface area contributed by atoms with E-state index < -0.39 is 0 Å². The van der Waals surface area contributed by atoms with Crippen molar-refractivity contribution in [1.82, 2.24) is 0 Å². The molecule has 3 rings (SSSR count). The van der Waals surface area contributed by atoms with Crippen molar-refractivity contribution in [3.63, 3.8) is 0 Å². The Morgan fingerprint density at radius 3 is 2.75 bits per heavy atom. The summed E-state index contributed by atoms with van der Waals surface area (Å²) in [6.45, 7) is 3.94. The van der Waals surface area contributed by atoms with E-state index in [-0.39, 0.29) is 0 Å². The van der Waals surface area contributed by atoms with E-state index in [0.717, 1.165) is 23.0 Å². The van der Waals surface area contributed by atoms with Gasteiger partial charge >= 0.3 is 0 Å². The van der Waals surface area contributed by atoms with Gasteiger partial charge < -0.3 is 10.6 Å². The molecule has 0 fully saturated rings. The van der Waals surface area contributed by atoms with Crippen LogP contribution in [-0.2, 0) is 13.0 Å². The molecule has 20 heavy (non-hydrogen) atoms. The maximum atomic E-state index is 5.71. The molecule has 2 aromatic rings. The van der Waals surface area contributed by atoms with Gasteiger partial charge in [-0.25, -0.2) is 0 Å². The highest BCUT2D eigenvalue weighted by Gasteiger charge is 2.23. The molecule has 3 heteroatoms. The molecule has 0 aliphatic carbocycles. The summed E-state index contributed by atoms with van der Waals surface area (Å²) < 4.78 is 1.12. The number of hydrogen-bond acceptors (Lipinski definition) is 2. The number of halogens is 1. The van der Waals surface area contributed by atoms with Crippen LogP contribution in [0.3, 0.4) is 0 Å². The Morgan fingerprint density at radius 1 is 1.20 bits per heavy atom. The van der Waals surface area contributed by atoms with Crippen LogP contribution in [0.25, 0.3) is 0 Å². The van der Waals surface area contributed by atoms with Gasteiger partial charge in [-0.15, -0.1) is 0 Å². The van der Waals surface area contributed by atoms with Gasteiger partial charge in [0, 0.05) is 23.2 Å².